The number of benzene rings is 3. The lowest BCUT2D eigenvalue weighted by atomic mass is 10.1. The summed E-state index contributed by atoms with van der Waals surface area (Å²) in [4.78, 5) is 14.0. The van der Waals surface area contributed by atoms with Gasteiger partial charge in [-0.05, 0) is 30.7 Å². The minimum Gasteiger partial charge on any atom is -0.461 e. The van der Waals surface area contributed by atoms with E-state index in [1.165, 1.54) is 10.5 Å². The maximum absolute atomic E-state index is 12.8. The van der Waals surface area contributed by atoms with Gasteiger partial charge in [0.25, 0.3) is 0 Å². The highest BCUT2D eigenvalue weighted by molar-refractivity contribution is 7.98. The van der Waals surface area contributed by atoms with E-state index >= 15 is 0 Å². The summed E-state index contributed by atoms with van der Waals surface area (Å²) in [7, 11) is 0. The SMILES string of the molecule is CCOC(=O)c1nn(-c2cccc3nn(Cc4ccccc4)cc23)c2c1CSc1ccccc1-2. The molecular weight excluding hydrogens is 444 g/mol. The van der Waals surface area contributed by atoms with E-state index in [-0.39, 0.29) is 5.97 Å². The van der Waals surface area contributed by atoms with Crippen molar-refractivity contribution in [2.45, 2.75) is 24.1 Å². The Kier molecular flexibility index (Phi) is 5.19. The number of carbonyl (C=O) groups is 1. The molecule has 0 atom stereocenters. The Morgan fingerprint density at radius 2 is 1.82 bits per heavy atom. The Labute approximate surface area is 201 Å². The van der Waals surface area contributed by atoms with Gasteiger partial charge in [-0.1, -0.05) is 54.6 Å². The van der Waals surface area contributed by atoms with Crippen molar-refractivity contribution in [2.75, 3.05) is 6.61 Å². The highest BCUT2D eigenvalue weighted by Gasteiger charge is 2.30. The standard InChI is InChI=1S/C27H22N4O2S/c1-2-33-27(32)25-21-17-34-24-14-7-6-11-19(24)26(21)31(29-25)23-13-8-12-22-20(23)16-30(28-22)15-18-9-4-3-5-10-18/h3-14,16H,2,15,17H2,1H3. The van der Waals surface area contributed by atoms with Crippen molar-refractivity contribution >= 4 is 28.6 Å². The monoisotopic (exact) mass is 466 g/mol. The van der Waals surface area contributed by atoms with Gasteiger partial charge in [0.2, 0.25) is 0 Å². The third-order valence-corrected chi connectivity index (χ3v) is 7.06. The quantitative estimate of drug-likeness (QED) is 0.310. The van der Waals surface area contributed by atoms with Crippen LogP contribution in [0.15, 0.2) is 83.9 Å². The van der Waals surface area contributed by atoms with Gasteiger partial charge in [0.05, 0.1) is 30.0 Å². The van der Waals surface area contributed by atoms with Crippen LogP contribution in [-0.4, -0.2) is 32.1 Å². The van der Waals surface area contributed by atoms with Gasteiger partial charge in [0, 0.05) is 33.4 Å². The first kappa shape index (κ1) is 20.7. The Morgan fingerprint density at radius 1 is 1.00 bits per heavy atom. The molecule has 3 heterocycles. The zero-order valence-corrected chi connectivity index (χ0v) is 19.5. The number of carbonyl (C=O) groups excluding carboxylic acids is 1. The van der Waals surface area contributed by atoms with E-state index < -0.39 is 0 Å². The Hall–Kier alpha value is -3.84. The van der Waals surface area contributed by atoms with E-state index in [0.29, 0.717) is 24.6 Å². The molecule has 0 amide bonds. The number of fused-ring (bicyclic) bond motifs is 4. The highest BCUT2D eigenvalue weighted by Crippen LogP contribution is 2.44. The Bertz CT molecular complexity index is 1520. The highest BCUT2D eigenvalue weighted by atomic mass is 32.2. The molecule has 0 saturated carbocycles. The lowest BCUT2D eigenvalue weighted by Gasteiger charge is -2.18. The van der Waals surface area contributed by atoms with Crippen LogP contribution < -0.4 is 0 Å². The van der Waals surface area contributed by atoms with Gasteiger partial charge in [0.1, 0.15) is 0 Å². The second kappa shape index (κ2) is 8.50. The molecule has 1 aliphatic heterocycles. The Morgan fingerprint density at radius 3 is 2.68 bits per heavy atom. The number of nitrogens with zero attached hydrogens (tertiary/aromatic N) is 4. The fraction of sp³-hybridized carbons (Fsp3) is 0.148. The summed E-state index contributed by atoms with van der Waals surface area (Å²) in [5, 5.41) is 10.6. The van der Waals surface area contributed by atoms with E-state index in [2.05, 4.69) is 30.5 Å². The van der Waals surface area contributed by atoms with Gasteiger partial charge in [-0.25, -0.2) is 9.48 Å². The lowest BCUT2D eigenvalue weighted by molar-refractivity contribution is 0.0518. The number of ether oxygens (including phenoxy) is 1. The molecule has 168 valence electrons. The molecule has 2 aromatic heterocycles. The van der Waals surface area contributed by atoms with Crippen LogP contribution in [0, 0.1) is 0 Å². The predicted molar refractivity (Wildman–Crippen MR) is 133 cm³/mol. The summed E-state index contributed by atoms with van der Waals surface area (Å²) in [6.07, 6.45) is 2.05. The van der Waals surface area contributed by atoms with E-state index in [9.17, 15) is 4.79 Å². The van der Waals surface area contributed by atoms with Gasteiger partial charge in [0.15, 0.2) is 5.69 Å². The number of hydrogen-bond acceptors (Lipinski definition) is 5. The Balaban J connectivity index is 1.54. The molecule has 6 nitrogen and oxygen atoms in total. The molecule has 6 rings (SSSR count). The normalized spacial score (nSPS) is 12.4. The number of aromatic nitrogens is 4. The fourth-order valence-corrected chi connectivity index (χ4v) is 5.52. The summed E-state index contributed by atoms with van der Waals surface area (Å²) >= 11 is 1.72. The van der Waals surface area contributed by atoms with Crippen LogP contribution in [0.1, 0.15) is 28.5 Å². The first-order chi connectivity index (χ1) is 16.7. The molecule has 0 radical (unpaired) electrons. The zero-order valence-electron chi connectivity index (χ0n) is 18.6. The van der Waals surface area contributed by atoms with Crippen molar-refractivity contribution in [3.05, 3.63) is 95.8 Å². The number of rotatable bonds is 5. The molecule has 0 N–H and O–H groups in total. The van der Waals surface area contributed by atoms with Crippen LogP contribution in [0.2, 0.25) is 0 Å². The van der Waals surface area contributed by atoms with Crippen LogP contribution in [0.5, 0.6) is 0 Å². The molecule has 3 aromatic carbocycles. The summed E-state index contributed by atoms with van der Waals surface area (Å²) in [5.74, 6) is 0.286. The summed E-state index contributed by atoms with van der Waals surface area (Å²) in [6, 6.07) is 24.6. The van der Waals surface area contributed by atoms with E-state index in [1.807, 2.05) is 64.8 Å². The molecule has 1 aliphatic rings. The van der Waals surface area contributed by atoms with E-state index in [0.717, 1.165) is 33.4 Å². The van der Waals surface area contributed by atoms with Gasteiger partial charge in [-0.2, -0.15) is 10.2 Å². The average Bonchev–Trinajstić information content (AvgIpc) is 3.46. The minimum atomic E-state index is -0.385. The van der Waals surface area contributed by atoms with Crippen molar-refractivity contribution < 1.29 is 9.53 Å². The van der Waals surface area contributed by atoms with Crippen LogP contribution in [0.3, 0.4) is 0 Å². The second-order valence-electron chi connectivity index (χ2n) is 8.12. The van der Waals surface area contributed by atoms with Crippen molar-refractivity contribution in [3.63, 3.8) is 0 Å². The number of hydrogen-bond donors (Lipinski definition) is 0. The lowest BCUT2D eigenvalue weighted by Crippen LogP contribution is -2.08. The summed E-state index contributed by atoms with van der Waals surface area (Å²) in [6.45, 7) is 2.80. The summed E-state index contributed by atoms with van der Waals surface area (Å²) < 4.78 is 9.20. The maximum atomic E-state index is 12.8. The predicted octanol–water partition coefficient (Wildman–Crippen LogP) is 5.72. The van der Waals surface area contributed by atoms with Crippen molar-refractivity contribution in [2.24, 2.45) is 0 Å². The molecule has 0 spiro atoms. The summed E-state index contributed by atoms with van der Waals surface area (Å²) in [5.41, 5.74) is 6.28. The van der Waals surface area contributed by atoms with Gasteiger partial charge in [-0.3, -0.25) is 4.68 Å². The van der Waals surface area contributed by atoms with Crippen molar-refractivity contribution in [1.29, 1.82) is 0 Å². The average molecular weight is 467 g/mol. The number of thioether (sulfide) groups is 1. The van der Waals surface area contributed by atoms with E-state index in [1.54, 1.807) is 11.8 Å². The molecule has 0 unspecified atom stereocenters. The van der Waals surface area contributed by atoms with Gasteiger partial charge >= 0.3 is 5.97 Å². The molecular formula is C27H22N4O2S. The van der Waals surface area contributed by atoms with Gasteiger partial charge in [-0.15, -0.1) is 11.8 Å². The largest absolute Gasteiger partial charge is 0.461 e. The first-order valence-electron chi connectivity index (χ1n) is 11.2. The molecule has 5 aromatic rings. The third kappa shape index (κ3) is 3.49. The molecule has 7 heteroatoms. The van der Waals surface area contributed by atoms with Crippen LogP contribution in [0.25, 0.3) is 27.8 Å². The maximum Gasteiger partial charge on any atom is 0.359 e. The van der Waals surface area contributed by atoms with Gasteiger partial charge < -0.3 is 4.74 Å². The first-order valence-corrected chi connectivity index (χ1v) is 12.2. The van der Waals surface area contributed by atoms with Crippen molar-refractivity contribution in [1.82, 2.24) is 19.6 Å². The topological polar surface area (TPSA) is 61.9 Å². The third-order valence-electron chi connectivity index (χ3n) is 5.96. The molecule has 0 fully saturated rings. The zero-order chi connectivity index (χ0) is 23.1. The molecule has 34 heavy (non-hydrogen) atoms. The van der Waals surface area contributed by atoms with Crippen molar-refractivity contribution in [3.8, 4) is 16.9 Å². The smallest absolute Gasteiger partial charge is 0.359 e. The van der Waals surface area contributed by atoms with Crippen LogP contribution in [0.4, 0.5) is 0 Å². The minimum absolute atomic E-state index is 0.312. The molecule has 0 bridgehead atoms. The van der Waals surface area contributed by atoms with Crippen LogP contribution >= 0.6 is 11.8 Å². The fourth-order valence-electron chi connectivity index (χ4n) is 4.45. The molecule has 0 saturated heterocycles. The second-order valence-corrected chi connectivity index (χ2v) is 9.13. The van der Waals surface area contributed by atoms with E-state index in [4.69, 9.17) is 14.9 Å². The number of esters is 1. The molecule has 0 aliphatic carbocycles. The van der Waals surface area contributed by atoms with Crippen LogP contribution in [-0.2, 0) is 17.0 Å².